The summed E-state index contributed by atoms with van der Waals surface area (Å²) in [6.07, 6.45) is 3.85. The lowest BCUT2D eigenvalue weighted by Crippen LogP contribution is -2.41. The van der Waals surface area contributed by atoms with Crippen molar-refractivity contribution < 1.29 is 34.0 Å². The summed E-state index contributed by atoms with van der Waals surface area (Å²) in [5, 5.41) is 19.9. The highest BCUT2D eigenvalue weighted by atomic mass is 16.6. The highest BCUT2D eigenvalue weighted by molar-refractivity contribution is 5.92. The zero-order valence-electron chi connectivity index (χ0n) is 19.1. The molecule has 3 heterocycles. The van der Waals surface area contributed by atoms with Crippen molar-refractivity contribution in [2.75, 3.05) is 0 Å². The van der Waals surface area contributed by atoms with Crippen molar-refractivity contribution in [2.24, 2.45) is 5.92 Å². The van der Waals surface area contributed by atoms with Crippen LogP contribution in [0.2, 0.25) is 0 Å². The Morgan fingerprint density at radius 2 is 1.97 bits per heavy atom. The molecule has 7 nitrogen and oxygen atoms in total. The molecule has 4 rings (SSSR count). The Kier molecular flexibility index (Phi) is 5.70. The first kappa shape index (κ1) is 22.9. The van der Waals surface area contributed by atoms with E-state index in [-0.39, 0.29) is 17.1 Å². The lowest BCUT2D eigenvalue weighted by atomic mass is 9.82. The van der Waals surface area contributed by atoms with E-state index in [1.54, 1.807) is 26.0 Å². The lowest BCUT2D eigenvalue weighted by Gasteiger charge is -2.31. The molecule has 1 fully saturated rings. The van der Waals surface area contributed by atoms with Gasteiger partial charge in [-0.15, -0.1) is 0 Å². The number of hydrogen-bond acceptors (Lipinski definition) is 7. The SMILES string of the molecule is C=C1C(=O)O[C@H]2[C@H]1[C@@H](OC(=O)/C(C)=C/C)C/C(C)=C\[C@@]1(c3ccc(O)c(O)c3)C=C(C)[C@H]2O1. The van der Waals surface area contributed by atoms with Crippen molar-refractivity contribution in [3.05, 3.63) is 70.9 Å². The molecule has 1 aromatic rings. The normalized spacial score (nSPS) is 33.2. The van der Waals surface area contributed by atoms with Gasteiger partial charge in [0.25, 0.3) is 0 Å². The third-order valence-electron chi connectivity index (χ3n) is 6.60. The highest BCUT2D eigenvalue weighted by Gasteiger charge is 2.54. The maximum Gasteiger partial charge on any atom is 0.334 e. The molecule has 33 heavy (non-hydrogen) atoms. The fourth-order valence-corrected chi connectivity index (χ4v) is 4.79. The molecule has 7 heteroatoms. The molecule has 0 saturated carbocycles. The third kappa shape index (κ3) is 3.86. The minimum atomic E-state index is -1.05. The number of hydrogen-bond donors (Lipinski definition) is 2. The fourth-order valence-electron chi connectivity index (χ4n) is 4.79. The number of carbonyl (C=O) groups is 2. The first-order chi connectivity index (χ1) is 15.6. The van der Waals surface area contributed by atoms with Gasteiger partial charge in [-0.25, -0.2) is 9.59 Å². The van der Waals surface area contributed by atoms with E-state index in [4.69, 9.17) is 14.2 Å². The first-order valence-electron chi connectivity index (χ1n) is 10.9. The van der Waals surface area contributed by atoms with Gasteiger partial charge in [0.2, 0.25) is 0 Å². The number of allylic oxidation sites excluding steroid dienone is 1. The molecule has 1 saturated heterocycles. The van der Waals surface area contributed by atoms with Crippen LogP contribution in [0.1, 0.15) is 39.7 Å². The monoisotopic (exact) mass is 452 g/mol. The zero-order chi connectivity index (χ0) is 24.1. The Labute approximate surface area is 192 Å². The molecule has 174 valence electrons. The van der Waals surface area contributed by atoms with Crippen LogP contribution in [0.3, 0.4) is 0 Å². The van der Waals surface area contributed by atoms with Gasteiger partial charge in [0.05, 0.1) is 5.92 Å². The molecule has 0 radical (unpaired) electrons. The second kappa shape index (κ2) is 8.23. The molecule has 0 amide bonds. The van der Waals surface area contributed by atoms with Crippen LogP contribution in [0.15, 0.2) is 65.3 Å². The van der Waals surface area contributed by atoms with E-state index in [1.807, 2.05) is 26.0 Å². The molecule has 0 spiro atoms. The molecule has 0 aliphatic carbocycles. The Balaban J connectivity index is 1.83. The van der Waals surface area contributed by atoms with E-state index in [0.717, 1.165) is 11.1 Å². The maximum atomic E-state index is 12.6. The molecule has 2 N–H and O–H groups in total. The summed E-state index contributed by atoms with van der Waals surface area (Å²) in [4.78, 5) is 25.2. The summed E-state index contributed by atoms with van der Waals surface area (Å²) >= 11 is 0. The number of ether oxygens (including phenoxy) is 3. The van der Waals surface area contributed by atoms with Crippen molar-refractivity contribution in [3.8, 4) is 11.5 Å². The van der Waals surface area contributed by atoms with Crippen molar-refractivity contribution >= 4 is 11.9 Å². The molecule has 3 aliphatic heterocycles. The van der Waals surface area contributed by atoms with Crippen molar-refractivity contribution in [1.82, 2.24) is 0 Å². The van der Waals surface area contributed by atoms with Gasteiger partial charge >= 0.3 is 11.9 Å². The van der Waals surface area contributed by atoms with Gasteiger partial charge in [0.15, 0.2) is 11.5 Å². The molecule has 5 atom stereocenters. The molecule has 1 aromatic carbocycles. The molecular formula is C26H28O7. The van der Waals surface area contributed by atoms with Gasteiger partial charge in [-0.1, -0.05) is 24.3 Å². The number of carbonyl (C=O) groups excluding carboxylic acids is 2. The lowest BCUT2D eigenvalue weighted by molar-refractivity contribution is -0.153. The number of fused-ring (bicyclic) bond motifs is 4. The first-order valence-corrected chi connectivity index (χ1v) is 10.9. The van der Waals surface area contributed by atoms with Gasteiger partial charge in [-0.2, -0.15) is 0 Å². The highest BCUT2D eigenvalue weighted by Crippen LogP contribution is 2.48. The average molecular weight is 453 g/mol. The Morgan fingerprint density at radius 1 is 1.24 bits per heavy atom. The van der Waals surface area contributed by atoms with Crippen LogP contribution in [0.25, 0.3) is 0 Å². The zero-order valence-corrected chi connectivity index (χ0v) is 19.1. The predicted molar refractivity (Wildman–Crippen MR) is 120 cm³/mol. The molecule has 0 unspecified atom stereocenters. The summed E-state index contributed by atoms with van der Waals surface area (Å²) in [6, 6.07) is 4.53. The van der Waals surface area contributed by atoms with E-state index in [1.165, 1.54) is 12.1 Å². The summed E-state index contributed by atoms with van der Waals surface area (Å²) < 4.78 is 18.1. The van der Waals surface area contributed by atoms with Gasteiger partial charge in [0.1, 0.15) is 23.9 Å². The standard InChI is InChI=1S/C26H28O7/c1-6-14(3)24(29)31-20-9-13(2)11-26(17-7-8-18(27)19(28)10-17)12-15(4)22(33-26)23-21(20)16(5)25(30)32-23/h6-8,10-12,20-23,27-28H,5,9H2,1-4H3/b13-11-,14-6+/t20-,21+,22+,23-,26-/m0/s1. The predicted octanol–water partition coefficient (Wildman–Crippen LogP) is 3.96. The molecular weight excluding hydrogens is 424 g/mol. The third-order valence-corrected chi connectivity index (χ3v) is 6.60. The average Bonchev–Trinajstić information content (AvgIpc) is 3.25. The van der Waals surface area contributed by atoms with E-state index in [0.29, 0.717) is 17.6 Å². The largest absolute Gasteiger partial charge is 0.504 e. The number of phenols is 2. The van der Waals surface area contributed by atoms with Gasteiger partial charge in [0, 0.05) is 17.6 Å². The molecule has 0 aromatic heterocycles. The van der Waals surface area contributed by atoms with Gasteiger partial charge < -0.3 is 24.4 Å². The summed E-state index contributed by atoms with van der Waals surface area (Å²) in [6.45, 7) is 11.1. The minimum Gasteiger partial charge on any atom is -0.504 e. The minimum absolute atomic E-state index is 0.235. The van der Waals surface area contributed by atoms with Crippen molar-refractivity contribution in [3.63, 3.8) is 0 Å². The summed E-state index contributed by atoms with van der Waals surface area (Å²) in [7, 11) is 0. The maximum absolute atomic E-state index is 12.6. The van der Waals surface area contributed by atoms with E-state index >= 15 is 0 Å². The van der Waals surface area contributed by atoms with Gasteiger partial charge in [-0.3, -0.25) is 0 Å². The number of aromatic hydroxyl groups is 2. The molecule has 2 bridgehead atoms. The van der Waals surface area contributed by atoms with Crippen LogP contribution in [0.4, 0.5) is 0 Å². The Morgan fingerprint density at radius 3 is 2.64 bits per heavy atom. The van der Waals surface area contributed by atoms with E-state index in [9.17, 15) is 19.8 Å². The van der Waals surface area contributed by atoms with Crippen molar-refractivity contribution in [2.45, 2.75) is 58.0 Å². The van der Waals surface area contributed by atoms with E-state index < -0.39 is 41.8 Å². The second-order valence-corrected chi connectivity index (χ2v) is 8.95. The van der Waals surface area contributed by atoms with Crippen LogP contribution in [-0.2, 0) is 29.4 Å². The summed E-state index contributed by atoms with van der Waals surface area (Å²) in [5.41, 5.74) is 1.97. The molecule has 3 aliphatic rings. The number of rotatable bonds is 3. The number of phenolic OH excluding ortho intramolecular Hbond substituents is 2. The Bertz CT molecular complexity index is 1130. The Hall–Kier alpha value is -3.32. The fraction of sp³-hybridized carbons (Fsp3) is 0.385. The van der Waals surface area contributed by atoms with Crippen LogP contribution in [0.5, 0.6) is 11.5 Å². The van der Waals surface area contributed by atoms with E-state index in [2.05, 4.69) is 6.58 Å². The second-order valence-electron chi connectivity index (χ2n) is 8.95. The summed E-state index contributed by atoms with van der Waals surface area (Å²) in [5.74, 6) is -2.08. The van der Waals surface area contributed by atoms with Crippen LogP contribution in [0, 0.1) is 5.92 Å². The smallest absolute Gasteiger partial charge is 0.334 e. The van der Waals surface area contributed by atoms with Crippen LogP contribution < -0.4 is 0 Å². The number of esters is 2. The topological polar surface area (TPSA) is 102 Å². The van der Waals surface area contributed by atoms with Crippen LogP contribution in [-0.4, -0.2) is 40.5 Å². The van der Waals surface area contributed by atoms with Crippen LogP contribution >= 0.6 is 0 Å². The quantitative estimate of drug-likeness (QED) is 0.310. The number of benzene rings is 1. The van der Waals surface area contributed by atoms with Crippen molar-refractivity contribution in [1.29, 1.82) is 0 Å². The van der Waals surface area contributed by atoms with Gasteiger partial charge in [-0.05, 0) is 63.1 Å².